The van der Waals surface area contributed by atoms with Crippen LogP contribution in [-0.4, -0.2) is 34.0 Å². The first-order valence-corrected chi connectivity index (χ1v) is 17.4. The molecule has 0 saturated heterocycles. The van der Waals surface area contributed by atoms with E-state index in [1.807, 2.05) is 48.5 Å². The van der Waals surface area contributed by atoms with Gasteiger partial charge in [-0.15, -0.1) is 12.8 Å². The van der Waals surface area contributed by atoms with E-state index in [0.717, 1.165) is 11.1 Å². The van der Waals surface area contributed by atoms with Crippen LogP contribution in [0.2, 0.25) is 0 Å². The Bertz CT molecular complexity index is 2580. The van der Waals surface area contributed by atoms with E-state index in [0.29, 0.717) is 45.5 Å². The van der Waals surface area contributed by atoms with E-state index in [9.17, 15) is 29.4 Å². The molecule has 0 aliphatic heterocycles. The van der Waals surface area contributed by atoms with Gasteiger partial charge in [0.15, 0.2) is 0 Å². The van der Waals surface area contributed by atoms with Crippen LogP contribution in [0.25, 0.3) is 0 Å². The van der Waals surface area contributed by atoms with E-state index in [1.54, 1.807) is 48.5 Å². The third kappa shape index (κ3) is 9.01. The third-order valence-corrected chi connectivity index (χ3v) is 9.17. The van der Waals surface area contributed by atoms with Crippen LogP contribution in [0.15, 0.2) is 133 Å². The molecule has 0 unspecified atom stereocenters. The number of carboxylic acids is 2. The lowest BCUT2D eigenvalue weighted by atomic mass is 9.78. The van der Waals surface area contributed by atoms with E-state index in [4.69, 9.17) is 22.3 Å². The van der Waals surface area contributed by atoms with E-state index in [2.05, 4.69) is 36.3 Å². The molecule has 57 heavy (non-hydrogen) atoms. The third-order valence-electron chi connectivity index (χ3n) is 9.17. The Balaban J connectivity index is 1.04. The van der Waals surface area contributed by atoms with Crippen molar-refractivity contribution in [2.45, 2.75) is 19.3 Å². The zero-order valence-corrected chi connectivity index (χ0v) is 30.7. The molecular formula is C47H34N2O8. The van der Waals surface area contributed by atoms with Gasteiger partial charge in [0, 0.05) is 27.9 Å². The molecule has 0 spiro atoms. The van der Waals surface area contributed by atoms with Crippen molar-refractivity contribution in [1.82, 2.24) is 0 Å². The normalized spacial score (nSPS) is 10.7. The summed E-state index contributed by atoms with van der Waals surface area (Å²) in [5.74, 6) is 3.42. The van der Waals surface area contributed by atoms with Crippen LogP contribution in [-0.2, 0) is 5.41 Å². The average molecular weight is 755 g/mol. The maximum absolute atomic E-state index is 12.9. The first kappa shape index (κ1) is 38.6. The SMILES string of the molecule is C#Cc1ccc(C(=O)Nc2ccc(Oc3ccc(C(C)(C)c4ccc(Oc5ccc(NC(=O)c6cc(C#C)ccc6C(=O)O)cc5)cc4)cc3)cc2)c(C(=O)O)c1. The highest BCUT2D eigenvalue weighted by Crippen LogP contribution is 2.35. The van der Waals surface area contributed by atoms with E-state index in [1.165, 1.54) is 36.4 Å². The smallest absolute Gasteiger partial charge is 0.336 e. The summed E-state index contributed by atoms with van der Waals surface area (Å²) >= 11 is 0. The van der Waals surface area contributed by atoms with Crippen molar-refractivity contribution >= 4 is 35.1 Å². The lowest BCUT2D eigenvalue weighted by Crippen LogP contribution is -2.18. The number of nitrogens with one attached hydrogen (secondary N) is 2. The van der Waals surface area contributed by atoms with Gasteiger partial charge in [-0.25, -0.2) is 9.59 Å². The lowest BCUT2D eigenvalue weighted by Gasteiger charge is -2.26. The van der Waals surface area contributed by atoms with Gasteiger partial charge in [-0.1, -0.05) is 50.0 Å². The van der Waals surface area contributed by atoms with Gasteiger partial charge in [-0.05, 0) is 120 Å². The Hall–Kier alpha value is -8.08. The maximum atomic E-state index is 12.9. The van der Waals surface area contributed by atoms with Gasteiger partial charge in [0.25, 0.3) is 11.8 Å². The molecule has 10 nitrogen and oxygen atoms in total. The van der Waals surface area contributed by atoms with Gasteiger partial charge in [-0.2, -0.15) is 0 Å². The minimum Gasteiger partial charge on any atom is -0.478 e. The summed E-state index contributed by atoms with van der Waals surface area (Å²) in [7, 11) is 0. The van der Waals surface area contributed by atoms with Crippen molar-refractivity contribution in [2.24, 2.45) is 0 Å². The number of amides is 2. The molecule has 6 aromatic rings. The average Bonchev–Trinajstić information content (AvgIpc) is 3.22. The number of hydrogen-bond acceptors (Lipinski definition) is 6. The lowest BCUT2D eigenvalue weighted by molar-refractivity contribution is 0.0683. The molecule has 6 rings (SSSR count). The first-order chi connectivity index (χ1) is 27.3. The Morgan fingerprint density at radius 3 is 1.23 bits per heavy atom. The predicted octanol–water partition coefficient (Wildman–Crippen LogP) is 9.46. The largest absolute Gasteiger partial charge is 0.478 e. The number of anilines is 2. The highest BCUT2D eigenvalue weighted by Gasteiger charge is 2.24. The van der Waals surface area contributed by atoms with Crippen LogP contribution in [0.4, 0.5) is 11.4 Å². The van der Waals surface area contributed by atoms with Crippen LogP contribution in [0.5, 0.6) is 23.0 Å². The molecule has 0 heterocycles. The molecule has 0 aromatic heterocycles. The summed E-state index contributed by atoms with van der Waals surface area (Å²) in [5, 5.41) is 24.4. The zero-order valence-electron chi connectivity index (χ0n) is 30.7. The topological polar surface area (TPSA) is 151 Å². The van der Waals surface area contributed by atoms with Gasteiger partial charge in [0.2, 0.25) is 0 Å². The minimum absolute atomic E-state index is 0.00724. The van der Waals surface area contributed by atoms with Crippen molar-refractivity contribution in [1.29, 1.82) is 0 Å². The van der Waals surface area contributed by atoms with Gasteiger partial charge in [-0.3, -0.25) is 9.59 Å². The van der Waals surface area contributed by atoms with Crippen molar-refractivity contribution < 1.29 is 38.9 Å². The molecular weight excluding hydrogens is 721 g/mol. The number of carbonyl (C=O) groups excluding carboxylic acids is 2. The fourth-order valence-electron chi connectivity index (χ4n) is 5.94. The summed E-state index contributed by atoms with van der Waals surface area (Å²) < 4.78 is 12.1. The molecule has 10 heteroatoms. The monoisotopic (exact) mass is 754 g/mol. The number of carbonyl (C=O) groups is 4. The number of ether oxygens (including phenoxy) is 2. The summed E-state index contributed by atoms with van der Waals surface area (Å²) in [6, 6.07) is 37.2. The molecule has 0 aliphatic rings. The second-order valence-corrected chi connectivity index (χ2v) is 13.3. The van der Waals surface area contributed by atoms with Crippen LogP contribution in [0.1, 0.15) is 77.5 Å². The second kappa shape index (κ2) is 16.5. The predicted molar refractivity (Wildman–Crippen MR) is 217 cm³/mol. The Labute approximate surface area is 328 Å². The van der Waals surface area contributed by atoms with Crippen LogP contribution < -0.4 is 20.1 Å². The Kier molecular flexibility index (Phi) is 11.2. The first-order valence-electron chi connectivity index (χ1n) is 17.4. The van der Waals surface area contributed by atoms with Gasteiger partial charge >= 0.3 is 11.9 Å². The van der Waals surface area contributed by atoms with Gasteiger partial charge in [0.05, 0.1) is 22.3 Å². The van der Waals surface area contributed by atoms with Crippen molar-refractivity contribution in [3.8, 4) is 47.7 Å². The summed E-state index contributed by atoms with van der Waals surface area (Å²) in [5.41, 5.74) is 3.02. The van der Waals surface area contributed by atoms with Crippen molar-refractivity contribution in [3.63, 3.8) is 0 Å². The number of terminal acetylenes is 2. The molecule has 0 bridgehead atoms. The Morgan fingerprint density at radius 1 is 0.491 bits per heavy atom. The zero-order chi connectivity index (χ0) is 40.7. The van der Waals surface area contributed by atoms with E-state index in [-0.39, 0.29) is 27.7 Å². The molecule has 280 valence electrons. The summed E-state index contributed by atoms with van der Waals surface area (Å²) in [6.45, 7) is 4.23. The molecule has 6 aromatic carbocycles. The fourth-order valence-corrected chi connectivity index (χ4v) is 5.94. The van der Waals surface area contributed by atoms with E-state index < -0.39 is 23.8 Å². The molecule has 0 radical (unpaired) electrons. The number of benzene rings is 6. The molecule has 0 saturated carbocycles. The van der Waals surface area contributed by atoms with Crippen LogP contribution in [0, 0.1) is 24.7 Å². The maximum Gasteiger partial charge on any atom is 0.336 e. The molecule has 0 atom stereocenters. The molecule has 0 aliphatic carbocycles. The quantitative estimate of drug-likeness (QED) is 0.0903. The van der Waals surface area contributed by atoms with Crippen molar-refractivity contribution in [2.75, 3.05) is 10.6 Å². The second-order valence-electron chi connectivity index (χ2n) is 13.3. The number of rotatable bonds is 12. The van der Waals surface area contributed by atoms with E-state index >= 15 is 0 Å². The number of hydrogen-bond donors (Lipinski definition) is 4. The number of carboxylic acid groups (broad SMARTS) is 2. The highest BCUT2D eigenvalue weighted by atomic mass is 16.5. The van der Waals surface area contributed by atoms with Crippen LogP contribution >= 0.6 is 0 Å². The standard InChI is InChI=1S/C47H34N2O8/c1-5-29-8-26-40(45(52)53)41(27-29)44(51)49-34-15-23-38(24-16-34)57-36-19-11-32(12-20-36)47(3,4)31-9-17-35(18-10-31)56-37-21-13-33(14-22-37)48-43(50)39-25-7-30(6-2)28-42(39)46(54)55/h1-2,7-28H,3-4H3,(H,48,50)(H,49,51)(H,52,53)(H,54,55). The molecule has 0 fully saturated rings. The van der Waals surface area contributed by atoms with Crippen LogP contribution in [0.3, 0.4) is 0 Å². The van der Waals surface area contributed by atoms with Gasteiger partial charge in [0.1, 0.15) is 23.0 Å². The summed E-state index contributed by atoms with van der Waals surface area (Å²) in [4.78, 5) is 49.0. The Morgan fingerprint density at radius 2 is 0.842 bits per heavy atom. The summed E-state index contributed by atoms with van der Waals surface area (Å²) in [6.07, 6.45) is 10.8. The fraction of sp³-hybridized carbons (Fsp3) is 0.0638. The highest BCUT2D eigenvalue weighted by molar-refractivity contribution is 6.11. The number of aromatic carboxylic acids is 2. The van der Waals surface area contributed by atoms with Gasteiger partial charge < -0.3 is 30.3 Å². The minimum atomic E-state index is -1.25. The molecule has 4 N–H and O–H groups in total. The van der Waals surface area contributed by atoms with Crippen molar-refractivity contribution in [3.05, 3.63) is 178 Å². The molecule has 2 amide bonds.